The molecule has 64 valence electrons. The van der Waals surface area contributed by atoms with Gasteiger partial charge in [-0.3, -0.25) is 4.52 Å². The molecule has 0 amide bonds. The minimum absolute atomic E-state index is 0.945. The van der Waals surface area contributed by atoms with Gasteiger partial charge >= 0.3 is 7.82 Å². The van der Waals surface area contributed by atoms with Crippen molar-refractivity contribution in [3.63, 3.8) is 0 Å². The van der Waals surface area contributed by atoms with Crippen molar-refractivity contribution in [2.45, 2.75) is 0 Å². The second-order valence-corrected chi connectivity index (χ2v) is 3.36. The van der Waals surface area contributed by atoms with Gasteiger partial charge in [0, 0.05) is 7.11 Å². The smallest absolute Gasteiger partial charge is 0.312 e. The zero-order valence-corrected chi connectivity index (χ0v) is 7.50. The fourth-order valence-electron chi connectivity index (χ4n) is 0. The fraction of sp³-hybridized carbons (Fsp3) is 1.00. The van der Waals surface area contributed by atoms with Crippen LogP contribution in [0.1, 0.15) is 0 Å². The molecule has 0 atom stereocenters. The molecule has 0 fully saturated rings. The Morgan fingerprint density at radius 3 is 1.40 bits per heavy atom. The molecule has 0 aliphatic rings. The summed E-state index contributed by atoms with van der Waals surface area (Å²) in [5.41, 5.74) is 0. The van der Waals surface area contributed by atoms with Crippen molar-refractivity contribution in [2.75, 3.05) is 28.3 Å². The van der Waals surface area contributed by atoms with Gasteiger partial charge in [0.05, 0.1) is 0 Å². The summed E-state index contributed by atoms with van der Waals surface area (Å²) in [6, 6.07) is 0. The van der Waals surface area contributed by atoms with Crippen LogP contribution in [0.3, 0.4) is 0 Å². The first-order chi connectivity index (χ1) is 4.29. The molecular weight excluding hydrogens is 157 g/mol. The predicted molar refractivity (Wildman–Crippen MR) is 38.7 cm³/mol. The van der Waals surface area contributed by atoms with E-state index >= 15 is 0 Å². The Bertz CT molecular complexity index is 107. The molecule has 0 aliphatic heterocycles. The molecule has 0 bridgehead atoms. The molecule has 0 heterocycles. The van der Waals surface area contributed by atoms with Crippen molar-refractivity contribution in [2.24, 2.45) is 0 Å². The van der Waals surface area contributed by atoms with E-state index in [0.717, 1.165) is 7.11 Å². The van der Waals surface area contributed by atoms with Gasteiger partial charge in [-0.25, -0.2) is 4.57 Å². The second-order valence-electron chi connectivity index (χ2n) is 2.01. The Morgan fingerprint density at radius 2 is 1.40 bits per heavy atom. The lowest BCUT2D eigenvalue weighted by atomic mass is 11.0. The van der Waals surface area contributed by atoms with Gasteiger partial charge in [0.25, 0.3) is 0 Å². The molecule has 6 heteroatoms. The van der Waals surface area contributed by atoms with Crippen molar-refractivity contribution in [1.29, 1.82) is 0 Å². The predicted octanol–water partition coefficient (Wildman–Crippen LogP) is -0.0967. The molecular formula is C4H14NO4P. The van der Waals surface area contributed by atoms with Crippen LogP contribution in [0.2, 0.25) is 0 Å². The van der Waals surface area contributed by atoms with Crippen LogP contribution in [-0.2, 0) is 9.09 Å². The fourth-order valence-corrected chi connectivity index (χ4v) is 0. The third-order valence-electron chi connectivity index (χ3n) is 0.238. The van der Waals surface area contributed by atoms with Crippen LogP contribution in [0.4, 0.5) is 0 Å². The zero-order chi connectivity index (χ0) is 8.78. The monoisotopic (exact) mass is 171 g/mol. The summed E-state index contributed by atoms with van der Waals surface area (Å²) < 4.78 is 13.1. The maximum atomic E-state index is 9.47. The van der Waals surface area contributed by atoms with Gasteiger partial charge in [-0.2, -0.15) is 0 Å². The highest BCUT2D eigenvalue weighted by molar-refractivity contribution is 7.46. The van der Waals surface area contributed by atoms with Gasteiger partial charge in [-0.05, 0) is 21.1 Å². The standard InChI is InChI=1S/C3H9N.CH5O4P/c1-4(2)3;1-5-6(2,3)4/h1-3H3;1H3,(H2,2,3,4). The molecule has 0 aromatic carbocycles. The van der Waals surface area contributed by atoms with E-state index in [1.165, 1.54) is 0 Å². The molecule has 0 saturated heterocycles. The lowest BCUT2D eigenvalue weighted by Gasteiger charge is -1.93. The molecule has 0 aromatic heterocycles. The van der Waals surface area contributed by atoms with Crippen molar-refractivity contribution >= 4 is 7.82 Å². The van der Waals surface area contributed by atoms with Crippen LogP contribution in [0.5, 0.6) is 0 Å². The summed E-state index contributed by atoms with van der Waals surface area (Å²) in [6.45, 7) is 0. The maximum absolute atomic E-state index is 9.47. The lowest BCUT2D eigenvalue weighted by Crippen LogP contribution is -1.99. The van der Waals surface area contributed by atoms with E-state index in [2.05, 4.69) is 4.52 Å². The van der Waals surface area contributed by atoms with Gasteiger partial charge in [-0.1, -0.05) is 0 Å². The quantitative estimate of drug-likeness (QED) is 0.539. The topological polar surface area (TPSA) is 70.0 Å². The Hall–Kier alpha value is 0.0700. The molecule has 5 nitrogen and oxygen atoms in total. The number of hydrogen-bond donors (Lipinski definition) is 2. The van der Waals surface area contributed by atoms with Crippen LogP contribution < -0.4 is 0 Å². The Labute approximate surface area is 60.9 Å². The average molecular weight is 171 g/mol. The third-order valence-corrected chi connectivity index (χ3v) is 0.714. The molecule has 0 aliphatic carbocycles. The van der Waals surface area contributed by atoms with Gasteiger partial charge < -0.3 is 14.7 Å². The highest BCUT2D eigenvalue weighted by Gasteiger charge is 2.07. The first-order valence-electron chi connectivity index (χ1n) is 2.52. The lowest BCUT2D eigenvalue weighted by molar-refractivity contribution is 0.235. The number of hydrogen-bond acceptors (Lipinski definition) is 3. The Balaban J connectivity index is 0. The third kappa shape index (κ3) is 42.8. The molecule has 0 unspecified atom stereocenters. The highest BCUT2D eigenvalue weighted by Crippen LogP contribution is 2.33. The summed E-state index contributed by atoms with van der Waals surface area (Å²) in [6.07, 6.45) is 0. The second kappa shape index (κ2) is 5.82. The van der Waals surface area contributed by atoms with E-state index in [0.29, 0.717) is 0 Å². The normalized spacial score (nSPS) is 10.7. The van der Waals surface area contributed by atoms with E-state index in [1.807, 2.05) is 26.0 Å². The van der Waals surface area contributed by atoms with Gasteiger partial charge in [0.2, 0.25) is 0 Å². The van der Waals surface area contributed by atoms with E-state index in [1.54, 1.807) is 0 Å². The Kier molecular flexibility index (Phi) is 7.41. The number of nitrogens with zero attached hydrogens (tertiary/aromatic N) is 1. The van der Waals surface area contributed by atoms with Gasteiger partial charge in [0.15, 0.2) is 0 Å². The zero-order valence-electron chi connectivity index (χ0n) is 6.61. The number of phosphoric ester groups is 1. The summed E-state index contributed by atoms with van der Waals surface area (Å²) in [7, 11) is 2.80. The van der Waals surface area contributed by atoms with Crippen LogP contribution in [0.25, 0.3) is 0 Å². The molecule has 0 aromatic rings. The average Bonchev–Trinajstić information content (AvgIpc) is 1.63. The van der Waals surface area contributed by atoms with Crippen LogP contribution in [0.15, 0.2) is 0 Å². The van der Waals surface area contributed by atoms with Crippen molar-refractivity contribution in [1.82, 2.24) is 4.90 Å². The van der Waals surface area contributed by atoms with Crippen LogP contribution in [0, 0.1) is 0 Å². The molecule has 0 radical (unpaired) electrons. The van der Waals surface area contributed by atoms with E-state index in [-0.39, 0.29) is 0 Å². The summed E-state index contributed by atoms with van der Waals surface area (Å²) in [5.74, 6) is 0. The summed E-state index contributed by atoms with van der Waals surface area (Å²) in [5, 5.41) is 0. The van der Waals surface area contributed by atoms with Crippen molar-refractivity contribution in [3.05, 3.63) is 0 Å². The van der Waals surface area contributed by atoms with E-state index < -0.39 is 7.82 Å². The summed E-state index contributed by atoms with van der Waals surface area (Å²) in [4.78, 5) is 17.4. The van der Waals surface area contributed by atoms with Crippen LogP contribution in [-0.4, -0.2) is 42.9 Å². The molecule has 2 N–H and O–H groups in total. The Morgan fingerprint density at radius 1 is 1.30 bits per heavy atom. The minimum atomic E-state index is -4.15. The van der Waals surface area contributed by atoms with Crippen molar-refractivity contribution in [3.8, 4) is 0 Å². The largest absolute Gasteiger partial charge is 0.469 e. The molecule has 0 saturated carbocycles. The van der Waals surface area contributed by atoms with Crippen molar-refractivity contribution < 1.29 is 18.9 Å². The first kappa shape index (κ1) is 12.7. The summed E-state index contributed by atoms with van der Waals surface area (Å²) >= 11 is 0. The number of rotatable bonds is 1. The van der Waals surface area contributed by atoms with E-state index in [4.69, 9.17) is 9.79 Å². The molecule has 0 rings (SSSR count). The highest BCUT2D eigenvalue weighted by atomic mass is 31.2. The van der Waals surface area contributed by atoms with E-state index in [9.17, 15) is 4.57 Å². The van der Waals surface area contributed by atoms with Gasteiger partial charge in [-0.15, -0.1) is 0 Å². The first-order valence-corrected chi connectivity index (χ1v) is 4.05. The maximum Gasteiger partial charge on any atom is 0.469 e. The van der Waals surface area contributed by atoms with Crippen LogP contribution >= 0.6 is 7.82 Å². The minimum Gasteiger partial charge on any atom is -0.312 e. The SMILES string of the molecule is CN(C)C.COP(=O)(O)O. The number of phosphoric acid groups is 1. The van der Waals surface area contributed by atoms with Gasteiger partial charge in [0.1, 0.15) is 0 Å². The molecule has 0 spiro atoms. The molecule has 10 heavy (non-hydrogen) atoms.